The third kappa shape index (κ3) is 4.16. The fourth-order valence-electron chi connectivity index (χ4n) is 2.62. The lowest BCUT2D eigenvalue weighted by Crippen LogP contribution is -2.52. The van der Waals surface area contributed by atoms with Gasteiger partial charge < -0.3 is 9.64 Å². The Morgan fingerprint density at radius 2 is 2.35 bits per heavy atom. The van der Waals surface area contributed by atoms with Crippen LogP contribution in [-0.2, 0) is 14.8 Å². The minimum atomic E-state index is -3.19. The number of piperidine rings is 1. The zero-order valence-electron chi connectivity index (χ0n) is 11.8. The molecular weight excluding hydrogens is 278 g/mol. The summed E-state index contributed by atoms with van der Waals surface area (Å²) >= 11 is 0. The number of methoxy groups -OCH3 is 1. The molecule has 2 rings (SSSR count). The van der Waals surface area contributed by atoms with Crippen LogP contribution in [0.3, 0.4) is 0 Å². The lowest BCUT2D eigenvalue weighted by Gasteiger charge is -2.39. The van der Waals surface area contributed by atoms with Crippen LogP contribution in [0, 0.1) is 5.92 Å². The molecule has 1 fully saturated rings. The number of pyridine rings is 1. The Labute approximate surface area is 120 Å². The standard InChI is InChI=1S/C13H21N3O3S/c1-19-10-11-9-16(12-4-3-6-14-8-12)7-5-13(11)15-20(2,17)18/h3-4,6,8,11,13,15H,5,7,9-10H2,1-2H3. The van der Waals surface area contributed by atoms with Gasteiger partial charge in [-0.3, -0.25) is 4.98 Å². The molecule has 1 saturated heterocycles. The van der Waals surface area contributed by atoms with Gasteiger partial charge in [-0.2, -0.15) is 0 Å². The van der Waals surface area contributed by atoms with Gasteiger partial charge in [0.25, 0.3) is 0 Å². The molecule has 112 valence electrons. The maximum absolute atomic E-state index is 11.4. The van der Waals surface area contributed by atoms with Crippen LogP contribution >= 0.6 is 0 Å². The Balaban J connectivity index is 2.07. The van der Waals surface area contributed by atoms with Gasteiger partial charge in [0.15, 0.2) is 0 Å². The highest BCUT2D eigenvalue weighted by Gasteiger charge is 2.31. The van der Waals surface area contributed by atoms with E-state index >= 15 is 0 Å². The molecule has 2 unspecified atom stereocenters. The average Bonchev–Trinajstić information content (AvgIpc) is 2.40. The van der Waals surface area contributed by atoms with E-state index in [1.807, 2.05) is 18.3 Å². The van der Waals surface area contributed by atoms with Crippen molar-refractivity contribution in [3.05, 3.63) is 24.5 Å². The molecule has 1 aromatic heterocycles. The van der Waals surface area contributed by atoms with Crippen molar-refractivity contribution < 1.29 is 13.2 Å². The van der Waals surface area contributed by atoms with Gasteiger partial charge in [-0.1, -0.05) is 0 Å². The van der Waals surface area contributed by atoms with E-state index in [9.17, 15) is 8.42 Å². The van der Waals surface area contributed by atoms with Crippen LogP contribution in [0.2, 0.25) is 0 Å². The number of hydrogen-bond donors (Lipinski definition) is 1. The number of nitrogens with zero attached hydrogens (tertiary/aromatic N) is 2. The van der Waals surface area contributed by atoms with Gasteiger partial charge in [-0.05, 0) is 18.6 Å². The molecule has 20 heavy (non-hydrogen) atoms. The first-order chi connectivity index (χ1) is 9.49. The SMILES string of the molecule is COCC1CN(c2cccnc2)CCC1NS(C)(=O)=O. The third-order valence-corrected chi connectivity index (χ3v) is 4.22. The van der Waals surface area contributed by atoms with Crippen molar-refractivity contribution in [3.63, 3.8) is 0 Å². The van der Waals surface area contributed by atoms with Gasteiger partial charge in [-0.25, -0.2) is 13.1 Å². The fourth-order valence-corrected chi connectivity index (χ4v) is 3.48. The zero-order chi connectivity index (χ0) is 14.6. The number of rotatable bonds is 5. The summed E-state index contributed by atoms with van der Waals surface area (Å²) in [5, 5.41) is 0. The predicted octanol–water partition coefficient (Wildman–Crippen LogP) is 0.472. The van der Waals surface area contributed by atoms with E-state index in [4.69, 9.17) is 4.74 Å². The summed E-state index contributed by atoms with van der Waals surface area (Å²) < 4.78 is 30.8. The highest BCUT2D eigenvalue weighted by Crippen LogP contribution is 2.23. The predicted molar refractivity (Wildman–Crippen MR) is 78.2 cm³/mol. The highest BCUT2D eigenvalue weighted by atomic mass is 32.2. The number of anilines is 1. The maximum Gasteiger partial charge on any atom is 0.208 e. The van der Waals surface area contributed by atoms with Crippen molar-refractivity contribution in [3.8, 4) is 0 Å². The summed E-state index contributed by atoms with van der Waals surface area (Å²) in [6.07, 6.45) is 5.53. The molecule has 1 N–H and O–H groups in total. The molecule has 0 saturated carbocycles. The fraction of sp³-hybridized carbons (Fsp3) is 0.615. The van der Waals surface area contributed by atoms with Crippen LogP contribution in [0.1, 0.15) is 6.42 Å². The van der Waals surface area contributed by atoms with Crippen LogP contribution in [0.4, 0.5) is 5.69 Å². The minimum Gasteiger partial charge on any atom is -0.384 e. The van der Waals surface area contributed by atoms with E-state index in [0.29, 0.717) is 6.61 Å². The third-order valence-electron chi connectivity index (χ3n) is 3.49. The van der Waals surface area contributed by atoms with Crippen LogP contribution in [0.5, 0.6) is 0 Å². The summed E-state index contributed by atoms with van der Waals surface area (Å²) in [5.74, 6) is 0.128. The molecule has 6 nitrogen and oxygen atoms in total. The second kappa shape index (κ2) is 6.51. The Bertz CT molecular complexity index is 521. The lowest BCUT2D eigenvalue weighted by atomic mass is 9.93. The molecule has 0 radical (unpaired) electrons. The molecule has 1 aliphatic heterocycles. The molecule has 0 amide bonds. The molecule has 1 aromatic rings. The first-order valence-corrected chi connectivity index (χ1v) is 8.50. The lowest BCUT2D eigenvalue weighted by molar-refractivity contribution is 0.128. The van der Waals surface area contributed by atoms with Crippen molar-refractivity contribution >= 4 is 15.7 Å². The van der Waals surface area contributed by atoms with Gasteiger partial charge in [0, 0.05) is 38.4 Å². The Morgan fingerprint density at radius 1 is 1.55 bits per heavy atom. The molecule has 0 aliphatic carbocycles. The summed E-state index contributed by atoms with van der Waals surface area (Å²) in [6, 6.07) is 3.85. The maximum atomic E-state index is 11.4. The number of ether oxygens (including phenoxy) is 1. The van der Waals surface area contributed by atoms with Gasteiger partial charge >= 0.3 is 0 Å². The Kier molecular flexibility index (Phi) is 4.95. The zero-order valence-corrected chi connectivity index (χ0v) is 12.6. The molecule has 2 heterocycles. The minimum absolute atomic E-state index is 0.0714. The summed E-state index contributed by atoms with van der Waals surface area (Å²) in [4.78, 5) is 6.34. The van der Waals surface area contributed by atoms with E-state index in [1.165, 1.54) is 6.26 Å². The van der Waals surface area contributed by atoms with Crippen molar-refractivity contribution in [1.82, 2.24) is 9.71 Å². The molecule has 1 aliphatic rings. The molecule has 0 bridgehead atoms. The summed E-state index contributed by atoms with van der Waals surface area (Å²) in [5.41, 5.74) is 1.06. The number of sulfonamides is 1. The molecule has 7 heteroatoms. The first-order valence-electron chi connectivity index (χ1n) is 6.61. The summed E-state index contributed by atoms with van der Waals surface area (Å²) in [7, 11) is -1.55. The number of nitrogens with one attached hydrogen (secondary N) is 1. The largest absolute Gasteiger partial charge is 0.384 e. The highest BCUT2D eigenvalue weighted by molar-refractivity contribution is 7.88. The van der Waals surface area contributed by atoms with Crippen molar-refractivity contribution in [2.75, 3.05) is 38.0 Å². The Hall–Kier alpha value is -1.18. The van der Waals surface area contributed by atoms with Crippen molar-refractivity contribution in [2.45, 2.75) is 12.5 Å². The first kappa shape index (κ1) is 15.2. The average molecular weight is 299 g/mol. The molecule has 0 aromatic carbocycles. The van der Waals surface area contributed by atoms with E-state index in [0.717, 1.165) is 25.2 Å². The quantitative estimate of drug-likeness (QED) is 0.856. The van der Waals surface area contributed by atoms with Crippen LogP contribution in [-0.4, -0.2) is 52.5 Å². The normalized spacial score (nSPS) is 23.8. The van der Waals surface area contributed by atoms with E-state index < -0.39 is 10.0 Å². The molecule has 0 spiro atoms. The van der Waals surface area contributed by atoms with E-state index in [1.54, 1.807) is 13.3 Å². The van der Waals surface area contributed by atoms with Gasteiger partial charge in [-0.15, -0.1) is 0 Å². The topological polar surface area (TPSA) is 71.5 Å². The van der Waals surface area contributed by atoms with Gasteiger partial charge in [0.05, 0.1) is 24.7 Å². The smallest absolute Gasteiger partial charge is 0.208 e. The molecule has 2 atom stereocenters. The summed E-state index contributed by atoms with van der Waals surface area (Å²) in [6.45, 7) is 2.09. The second-order valence-corrected chi connectivity index (χ2v) is 6.94. The monoisotopic (exact) mass is 299 g/mol. The molecular formula is C13H21N3O3S. The van der Waals surface area contributed by atoms with Gasteiger partial charge in [0.2, 0.25) is 10.0 Å². The Morgan fingerprint density at radius 3 is 2.95 bits per heavy atom. The van der Waals surface area contributed by atoms with Crippen LogP contribution in [0.15, 0.2) is 24.5 Å². The number of hydrogen-bond acceptors (Lipinski definition) is 5. The van der Waals surface area contributed by atoms with Crippen LogP contribution in [0.25, 0.3) is 0 Å². The van der Waals surface area contributed by atoms with Gasteiger partial charge in [0.1, 0.15) is 0 Å². The van der Waals surface area contributed by atoms with E-state index in [2.05, 4.69) is 14.6 Å². The number of aromatic nitrogens is 1. The second-order valence-electron chi connectivity index (χ2n) is 5.16. The van der Waals surface area contributed by atoms with E-state index in [-0.39, 0.29) is 12.0 Å². The van der Waals surface area contributed by atoms with Crippen molar-refractivity contribution in [2.24, 2.45) is 5.92 Å². The van der Waals surface area contributed by atoms with Crippen LogP contribution < -0.4 is 9.62 Å². The van der Waals surface area contributed by atoms with Crippen molar-refractivity contribution in [1.29, 1.82) is 0 Å².